The maximum Gasteiger partial charge on any atom is 0.433 e. The number of methoxy groups -OCH3 is 1. The zero-order chi connectivity index (χ0) is 20.8. The maximum absolute atomic E-state index is 13.3. The molecule has 5 rings (SSSR count). The first-order valence-electron chi connectivity index (χ1n) is 9.15. The minimum atomic E-state index is -0.592. The number of fused-ring (bicyclic) bond motifs is 5. The van der Waals surface area contributed by atoms with Crippen molar-refractivity contribution in [2.24, 2.45) is 0 Å². The Bertz CT molecular complexity index is 1380. The lowest BCUT2D eigenvalue weighted by atomic mass is 9.99. The molecule has 0 saturated carbocycles. The number of hydrogen-bond donors (Lipinski definition) is 0. The van der Waals surface area contributed by atoms with Gasteiger partial charge in [-0.25, -0.2) is 4.98 Å². The zero-order valence-electron chi connectivity index (χ0n) is 15.8. The van der Waals surface area contributed by atoms with Crippen molar-refractivity contribution < 1.29 is 18.9 Å². The van der Waals surface area contributed by atoms with Crippen LogP contribution in [-0.4, -0.2) is 22.8 Å². The second kappa shape index (κ2) is 6.66. The summed E-state index contributed by atoms with van der Waals surface area (Å²) in [5.41, 5.74) is 3.93. The van der Waals surface area contributed by atoms with E-state index in [9.17, 15) is 14.9 Å². The van der Waals surface area contributed by atoms with Gasteiger partial charge in [0, 0.05) is 22.1 Å². The molecular formula is C23H14N2O5. The molecule has 2 aromatic carbocycles. The molecule has 0 bridgehead atoms. The molecule has 0 saturated heterocycles. The van der Waals surface area contributed by atoms with Gasteiger partial charge in [-0.15, -0.1) is 0 Å². The topological polar surface area (TPSA) is 95.5 Å². The Morgan fingerprint density at radius 3 is 2.63 bits per heavy atom. The molecule has 0 fully saturated rings. The van der Waals surface area contributed by atoms with Gasteiger partial charge < -0.3 is 9.15 Å². The summed E-state index contributed by atoms with van der Waals surface area (Å²) in [7, 11) is 1.56. The highest BCUT2D eigenvalue weighted by atomic mass is 16.6. The van der Waals surface area contributed by atoms with Crippen molar-refractivity contribution in [1.29, 1.82) is 0 Å². The van der Waals surface area contributed by atoms with E-state index in [1.165, 1.54) is 12.1 Å². The van der Waals surface area contributed by atoms with Crippen LogP contribution < -0.4 is 4.74 Å². The highest BCUT2D eigenvalue weighted by Gasteiger charge is 2.31. The number of carbonyl (C=O) groups excluding carboxylic acids is 1. The molecule has 0 aliphatic heterocycles. The molecule has 2 heterocycles. The van der Waals surface area contributed by atoms with E-state index in [2.05, 4.69) is 0 Å². The van der Waals surface area contributed by atoms with E-state index in [0.717, 1.165) is 16.5 Å². The lowest BCUT2D eigenvalue weighted by Gasteiger charge is -2.08. The van der Waals surface area contributed by atoms with Crippen molar-refractivity contribution in [1.82, 2.24) is 4.98 Å². The summed E-state index contributed by atoms with van der Waals surface area (Å²) >= 11 is 0. The predicted octanol–water partition coefficient (Wildman–Crippen LogP) is 5.13. The lowest BCUT2D eigenvalue weighted by Crippen LogP contribution is -1.99. The van der Waals surface area contributed by atoms with Crippen LogP contribution in [0.1, 0.15) is 27.4 Å². The smallest absolute Gasteiger partial charge is 0.433 e. The van der Waals surface area contributed by atoms with Crippen LogP contribution in [0.5, 0.6) is 5.75 Å². The number of para-hydroxylation sites is 1. The van der Waals surface area contributed by atoms with Gasteiger partial charge in [0.1, 0.15) is 16.4 Å². The molecule has 1 aliphatic carbocycles. The Morgan fingerprint density at radius 1 is 1.03 bits per heavy atom. The van der Waals surface area contributed by atoms with Crippen LogP contribution >= 0.6 is 0 Å². The van der Waals surface area contributed by atoms with Crippen LogP contribution in [0.2, 0.25) is 0 Å². The van der Waals surface area contributed by atoms with Gasteiger partial charge in [0.2, 0.25) is 0 Å². The Morgan fingerprint density at radius 2 is 1.87 bits per heavy atom. The molecule has 30 heavy (non-hydrogen) atoms. The quantitative estimate of drug-likeness (QED) is 0.308. The third-order valence-electron chi connectivity index (χ3n) is 5.09. The van der Waals surface area contributed by atoms with Crippen molar-refractivity contribution in [3.63, 3.8) is 0 Å². The Balaban J connectivity index is 1.72. The highest BCUT2D eigenvalue weighted by molar-refractivity contribution is 6.28. The molecule has 1 aliphatic rings. The largest absolute Gasteiger partial charge is 0.497 e. The number of hydrogen-bond acceptors (Lipinski definition) is 6. The standard InChI is InChI=1S/C23H14N2O5/c1-29-14-6-9-15-17(12-14)23(26)22-16-4-2-3-5-18(16)24-19(21(15)22)10-7-13-8-11-20(30-13)25(27)28/h2-12H,1H3/b10-7+. The van der Waals surface area contributed by atoms with Crippen LogP contribution in [0, 0.1) is 10.1 Å². The molecule has 146 valence electrons. The van der Waals surface area contributed by atoms with E-state index >= 15 is 0 Å². The van der Waals surface area contributed by atoms with Crippen LogP contribution in [0.15, 0.2) is 59.0 Å². The molecule has 0 atom stereocenters. The molecule has 0 amide bonds. The van der Waals surface area contributed by atoms with Crippen molar-refractivity contribution in [3.05, 3.63) is 87.3 Å². The molecule has 2 aromatic heterocycles. The summed E-state index contributed by atoms with van der Waals surface area (Å²) in [5, 5.41) is 11.6. The summed E-state index contributed by atoms with van der Waals surface area (Å²) in [6.07, 6.45) is 3.32. The number of furan rings is 1. The monoisotopic (exact) mass is 398 g/mol. The van der Waals surface area contributed by atoms with Crippen LogP contribution in [0.25, 0.3) is 34.2 Å². The van der Waals surface area contributed by atoms with Crippen molar-refractivity contribution in [3.8, 4) is 16.9 Å². The minimum Gasteiger partial charge on any atom is -0.497 e. The zero-order valence-corrected chi connectivity index (χ0v) is 15.8. The number of ketones is 1. The number of ether oxygens (including phenoxy) is 1. The van der Waals surface area contributed by atoms with E-state index < -0.39 is 4.92 Å². The molecule has 0 spiro atoms. The predicted molar refractivity (Wildman–Crippen MR) is 111 cm³/mol. The Hall–Kier alpha value is -4.26. The second-order valence-corrected chi connectivity index (χ2v) is 6.77. The summed E-state index contributed by atoms with van der Waals surface area (Å²) in [6.45, 7) is 0. The highest BCUT2D eigenvalue weighted by Crippen LogP contribution is 2.43. The number of nitrogens with zero attached hydrogens (tertiary/aromatic N) is 2. The third-order valence-corrected chi connectivity index (χ3v) is 5.09. The SMILES string of the molecule is COc1ccc2c(c1)C(=O)c1c-2c(/C=C/c2ccc([N+](=O)[O-])o2)nc2ccccc12. The van der Waals surface area contributed by atoms with Gasteiger partial charge >= 0.3 is 5.88 Å². The lowest BCUT2D eigenvalue weighted by molar-refractivity contribution is -0.402. The molecule has 0 N–H and O–H groups in total. The number of benzene rings is 2. The van der Waals surface area contributed by atoms with Crippen molar-refractivity contribution in [2.45, 2.75) is 0 Å². The average Bonchev–Trinajstić information content (AvgIpc) is 3.35. The van der Waals surface area contributed by atoms with Gasteiger partial charge in [0.15, 0.2) is 5.78 Å². The molecule has 4 aromatic rings. The fourth-order valence-corrected chi connectivity index (χ4v) is 3.74. The second-order valence-electron chi connectivity index (χ2n) is 6.77. The summed E-state index contributed by atoms with van der Waals surface area (Å²) < 4.78 is 10.5. The number of rotatable bonds is 4. The Kier molecular flexibility index (Phi) is 3.96. The van der Waals surface area contributed by atoms with Crippen molar-refractivity contribution in [2.75, 3.05) is 7.11 Å². The Labute approximate surface area is 170 Å². The number of pyridine rings is 1. The molecule has 7 nitrogen and oxygen atoms in total. The fourth-order valence-electron chi connectivity index (χ4n) is 3.74. The molecular weight excluding hydrogens is 384 g/mol. The number of aromatic nitrogens is 1. The maximum atomic E-state index is 13.3. The van der Waals surface area contributed by atoms with Crippen LogP contribution in [0.3, 0.4) is 0 Å². The van der Waals surface area contributed by atoms with Gasteiger partial charge in [-0.2, -0.15) is 0 Å². The molecule has 0 unspecified atom stereocenters. The minimum absolute atomic E-state index is 0.0826. The molecule has 0 radical (unpaired) electrons. The first-order valence-corrected chi connectivity index (χ1v) is 9.15. The summed E-state index contributed by atoms with van der Waals surface area (Å²) in [4.78, 5) is 28.3. The third kappa shape index (κ3) is 2.68. The van der Waals surface area contributed by atoms with Gasteiger partial charge in [0.05, 0.1) is 24.4 Å². The average molecular weight is 398 g/mol. The van der Waals surface area contributed by atoms with Gasteiger partial charge in [-0.1, -0.05) is 18.2 Å². The van der Waals surface area contributed by atoms with Crippen molar-refractivity contribution >= 4 is 34.7 Å². The number of carbonyl (C=O) groups is 1. The molecule has 7 heteroatoms. The first-order chi connectivity index (χ1) is 14.6. The normalized spacial score (nSPS) is 12.4. The van der Waals surface area contributed by atoms with E-state index in [-0.39, 0.29) is 11.7 Å². The van der Waals surface area contributed by atoms with Crippen LogP contribution in [0.4, 0.5) is 5.88 Å². The van der Waals surface area contributed by atoms with E-state index in [4.69, 9.17) is 14.1 Å². The van der Waals surface area contributed by atoms with Crippen LogP contribution in [-0.2, 0) is 0 Å². The summed E-state index contributed by atoms with van der Waals surface area (Å²) in [5.74, 6) is 0.511. The van der Waals surface area contributed by atoms with E-state index in [1.807, 2.05) is 30.3 Å². The number of nitro groups is 1. The van der Waals surface area contributed by atoms with Gasteiger partial charge in [-0.3, -0.25) is 14.9 Å². The van der Waals surface area contributed by atoms with Gasteiger partial charge in [0.25, 0.3) is 0 Å². The fraction of sp³-hybridized carbons (Fsp3) is 0.0435. The first kappa shape index (κ1) is 17.8. The van der Waals surface area contributed by atoms with E-state index in [0.29, 0.717) is 33.8 Å². The van der Waals surface area contributed by atoms with E-state index in [1.54, 1.807) is 31.4 Å². The van der Waals surface area contributed by atoms with Gasteiger partial charge in [-0.05, 0) is 48.0 Å². The summed E-state index contributed by atoms with van der Waals surface area (Å²) in [6, 6.07) is 15.7.